The van der Waals surface area contributed by atoms with Gasteiger partial charge in [0.25, 0.3) is 0 Å². The molecule has 2 atom stereocenters. The van der Waals surface area contributed by atoms with Gasteiger partial charge in [0.2, 0.25) is 0 Å². The zero-order valence-corrected chi connectivity index (χ0v) is 6.70. The standard InChI is InChI=1S/C8H14O2/c1-7(5-4-6-9)8(2)10-3/h4-8H,1-3H3. The number of hydrogen-bond acceptors (Lipinski definition) is 2. The Morgan fingerprint density at radius 1 is 1.40 bits per heavy atom. The summed E-state index contributed by atoms with van der Waals surface area (Å²) in [5, 5.41) is 0. The third kappa shape index (κ3) is 3.41. The zero-order chi connectivity index (χ0) is 7.98. The predicted molar refractivity (Wildman–Crippen MR) is 40.8 cm³/mol. The smallest absolute Gasteiger partial charge is 0.142 e. The van der Waals surface area contributed by atoms with E-state index in [9.17, 15) is 4.79 Å². The molecule has 0 rings (SSSR count). The van der Waals surface area contributed by atoms with Crippen molar-refractivity contribution in [2.75, 3.05) is 7.11 Å². The van der Waals surface area contributed by atoms with E-state index < -0.39 is 0 Å². The van der Waals surface area contributed by atoms with Gasteiger partial charge in [-0.05, 0) is 13.0 Å². The number of allylic oxidation sites excluding steroid dienone is 1. The van der Waals surface area contributed by atoms with Crippen molar-refractivity contribution in [2.45, 2.75) is 20.0 Å². The summed E-state index contributed by atoms with van der Waals surface area (Å²) < 4.78 is 5.04. The third-order valence-electron chi connectivity index (χ3n) is 1.61. The van der Waals surface area contributed by atoms with Gasteiger partial charge >= 0.3 is 0 Å². The molecule has 0 saturated heterocycles. The van der Waals surface area contributed by atoms with Crippen LogP contribution in [-0.2, 0) is 9.53 Å². The lowest BCUT2D eigenvalue weighted by Gasteiger charge is -2.13. The molecule has 2 heteroatoms. The average molecular weight is 142 g/mol. The first-order valence-electron chi connectivity index (χ1n) is 3.37. The van der Waals surface area contributed by atoms with Crippen molar-refractivity contribution in [2.24, 2.45) is 5.92 Å². The summed E-state index contributed by atoms with van der Waals surface area (Å²) in [4.78, 5) is 9.89. The van der Waals surface area contributed by atoms with Crippen LogP contribution in [0.4, 0.5) is 0 Å². The molecule has 0 N–H and O–H groups in total. The van der Waals surface area contributed by atoms with E-state index in [1.165, 1.54) is 6.08 Å². The third-order valence-corrected chi connectivity index (χ3v) is 1.61. The van der Waals surface area contributed by atoms with E-state index in [2.05, 4.69) is 0 Å². The van der Waals surface area contributed by atoms with E-state index in [0.29, 0.717) is 5.92 Å². The van der Waals surface area contributed by atoms with E-state index in [4.69, 9.17) is 4.74 Å². The van der Waals surface area contributed by atoms with Crippen LogP contribution in [0.5, 0.6) is 0 Å². The zero-order valence-electron chi connectivity index (χ0n) is 6.70. The maximum atomic E-state index is 9.89. The summed E-state index contributed by atoms with van der Waals surface area (Å²) in [5.74, 6) is 0.301. The number of ether oxygens (including phenoxy) is 1. The minimum absolute atomic E-state index is 0.177. The van der Waals surface area contributed by atoms with Crippen LogP contribution in [0, 0.1) is 5.92 Å². The number of aldehydes is 1. The van der Waals surface area contributed by atoms with Crippen molar-refractivity contribution in [1.82, 2.24) is 0 Å². The molecule has 0 aromatic carbocycles. The first-order valence-corrected chi connectivity index (χ1v) is 3.37. The first-order chi connectivity index (χ1) is 4.72. The van der Waals surface area contributed by atoms with Crippen LogP contribution in [0.3, 0.4) is 0 Å². The van der Waals surface area contributed by atoms with E-state index in [1.54, 1.807) is 7.11 Å². The van der Waals surface area contributed by atoms with E-state index >= 15 is 0 Å². The highest BCUT2D eigenvalue weighted by Gasteiger charge is 2.05. The van der Waals surface area contributed by atoms with Crippen LogP contribution < -0.4 is 0 Å². The number of carbonyl (C=O) groups excluding carboxylic acids is 1. The quantitative estimate of drug-likeness (QED) is 0.438. The SMILES string of the molecule is COC(C)C(C)C=CC=O. The van der Waals surface area contributed by atoms with Crippen molar-refractivity contribution in [1.29, 1.82) is 0 Å². The molecule has 2 nitrogen and oxygen atoms in total. The molecule has 58 valence electrons. The second kappa shape index (κ2) is 5.18. The molecule has 0 amide bonds. The normalized spacial score (nSPS) is 17.1. The molecule has 10 heavy (non-hydrogen) atoms. The van der Waals surface area contributed by atoms with Gasteiger partial charge in [0.05, 0.1) is 6.10 Å². The minimum Gasteiger partial charge on any atom is -0.381 e. The average Bonchev–Trinajstić information content (AvgIpc) is 1.98. The molecule has 0 fully saturated rings. The largest absolute Gasteiger partial charge is 0.381 e. The molecule has 0 aliphatic heterocycles. The van der Waals surface area contributed by atoms with Gasteiger partial charge in [-0.1, -0.05) is 13.0 Å². The Morgan fingerprint density at radius 3 is 2.40 bits per heavy atom. The maximum Gasteiger partial charge on any atom is 0.142 e. The Kier molecular flexibility index (Phi) is 4.85. The Labute approximate surface area is 61.9 Å². The molecule has 0 saturated carbocycles. The van der Waals surface area contributed by atoms with Crippen LogP contribution in [-0.4, -0.2) is 19.5 Å². The number of carbonyl (C=O) groups is 1. The topological polar surface area (TPSA) is 26.3 Å². The van der Waals surface area contributed by atoms with Gasteiger partial charge in [-0.25, -0.2) is 0 Å². The van der Waals surface area contributed by atoms with Crippen molar-refractivity contribution >= 4 is 6.29 Å². The number of methoxy groups -OCH3 is 1. The highest BCUT2D eigenvalue weighted by molar-refractivity contribution is 5.64. The molecule has 0 heterocycles. The molecule has 0 aliphatic rings. The summed E-state index contributed by atoms with van der Waals surface area (Å²) in [5.41, 5.74) is 0. The highest BCUT2D eigenvalue weighted by Crippen LogP contribution is 2.06. The van der Waals surface area contributed by atoms with Gasteiger partial charge in [-0.3, -0.25) is 4.79 Å². The molecule has 0 bridgehead atoms. The predicted octanol–water partition coefficient (Wildman–Crippen LogP) is 1.41. The van der Waals surface area contributed by atoms with Crippen molar-refractivity contribution in [3.05, 3.63) is 12.2 Å². The fraction of sp³-hybridized carbons (Fsp3) is 0.625. The summed E-state index contributed by atoms with van der Waals surface area (Å²) in [6.45, 7) is 3.98. The molecule has 0 aromatic rings. The second-order valence-electron chi connectivity index (χ2n) is 2.32. The second-order valence-corrected chi connectivity index (χ2v) is 2.32. The lowest BCUT2D eigenvalue weighted by Crippen LogP contribution is -2.13. The molecule has 0 aliphatic carbocycles. The van der Waals surface area contributed by atoms with Crippen molar-refractivity contribution in [3.63, 3.8) is 0 Å². The van der Waals surface area contributed by atoms with Gasteiger partial charge in [-0.2, -0.15) is 0 Å². The van der Waals surface area contributed by atoms with E-state index in [-0.39, 0.29) is 6.10 Å². The lowest BCUT2D eigenvalue weighted by atomic mass is 10.1. The summed E-state index contributed by atoms with van der Waals surface area (Å²) in [6.07, 6.45) is 4.29. The summed E-state index contributed by atoms with van der Waals surface area (Å²) in [7, 11) is 1.66. The molecular weight excluding hydrogens is 128 g/mol. The first kappa shape index (κ1) is 9.37. The minimum atomic E-state index is 0.177. The van der Waals surface area contributed by atoms with Crippen LogP contribution >= 0.6 is 0 Å². The molecule has 0 aromatic heterocycles. The van der Waals surface area contributed by atoms with Crippen LogP contribution in [0.1, 0.15) is 13.8 Å². The Hall–Kier alpha value is -0.630. The van der Waals surface area contributed by atoms with Gasteiger partial charge in [-0.15, -0.1) is 0 Å². The monoisotopic (exact) mass is 142 g/mol. The Morgan fingerprint density at radius 2 is 2.00 bits per heavy atom. The molecule has 0 spiro atoms. The van der Waals surface area contributed by atoms with Crippen LogP contribution in [0.2, 0.25) is 0 Å². The highest BCUT2D eigenvalue weighted by atomic mass is 16.5. The molecule has 2 unspecified atom stereocenters. The Balaban J connectivity index is 3.70. The van der Waals surface area contributed by atoms with Crippen molar-refractivity contribution < 1.29 is 9.53 Å². The van der Waals surface area contributed by atoms with E-state index in [1.807, 2.05) is 19.9 Å². The summed E-state index contributed by atoms with van der Waals surface area (Å²) in [6, 6.07) is 0. The lowest BCUT2D eigenvalue weighted by molar-refractivity contribution is -0.104. The fourth-order valence-corrected chi connectivity index (χ4v) is 0.592. The van der Waals surface area contributed by atoms with E-state index in [0.717, 1.165) is 6.29 Å². The van der Waals surface area contributed by atoms with Gasteiger partial charge in [0.1, 0.15) is 6.29 Å². The fourth-order valence-electron chi connectivity index (χ4n) is 0.592. The number of rotatable bonds is 4. The number of hydrogen-bond donors (Lipinski definition) is 0. The molecule has 0 radical (unpaired) electrons. The van der Waals surface area contributed by atoms with Crippen molar-refractivity contribution in [3.8, 4) is 0 Å². The van der Waals surface area contributed by atoms with Gasteiger partial charge in [0, 0.05) is 13.0 Å². The maximum absolute atomic E-state index is 9.89. The molecular formula is C8H14O2. The van der Waals surface area contributed by atoms with Gasteiger partial charge in [0.15, 0.2) is 0 Å². The van der Waals surface area contributed by atoms with Gasteiger partial charge < -0.3 is 4.74 Å². The Bertz CT molecular complexity index is 118. The summed E-state index contributed by atoms with van der Waals surface area (Å²) >= 11 is 0. The van der Waals surface area contributed by atoms with Crippen LogP contribution in [0.15, 0.2) is 12.2 Å². The van der Waals surface area contributed by atoms with Crippen LogP contribution in [0.25, 0.3) is 0 Å².